The molecule has 0 atom stereocenters. The van der Waals surface area contributed by atoms with Crippen LogP contribution in [-0.2, 0) is 16.0 Å². The highest BCUT2D eigenvalue weighted by Gasteiger charge is 2.34. The van der Waals surface area contributed by atoms with Crippen molar-refractivity contribution in [3.63, 3.8) is 0 Å². The molecule has 2 rings (SSSR count). The van der Waals surface area contributed by atoms with Crippen LogP contribution in [0.25, 0.3) is 0 Å². The highest BCUT2D eigenvalue weighted by Crippen LogP contribution is 2.25. The van der Waals surface area contributed by atoms with Gasteiger partial charge in [0.2, 0.25) is 5.91 Å². The summed E-state index contributed by atoms with van der Waals surface area (Å²) >= 11 is 0. The Hall–Kier alpha value is -2.61. The van der Waals surface area contributed by atoms with E-state index < -0.39 is 5.97 Å². The molecule has 1 aliphatic carbocycles. The number of carbonyl (C=O) groups excluding carboxylic acids is 2. The molecular formula is C19H28N4O4. The van der Waals surface area contributed by atoms with Crippen molar-refractivity contribution >= 4 is 23.6 Å². The van der Waals surface area contributed by atoms with Gasteiger partial charge in [-0.3, -0.25) is 14.5 Å². The van der Waals surface area contributed by atoms with Gasteiger partial charge >= 0.3 is 12.0 Å². The van der Waals surface area contributed by atoms with Crippen molar-refractivity contribution in [2.75, 3.05) is 25.0 Å². The Labute approximate surface area is 159 Å². The summed E-state index contributed by atoms with van der Waals surface area (Å²) < 4.78 is 0. The van der Waals surface area contributed by atoms with Gasteiger partial charge < -0.3 is 21.1 Å². The van der Waals surface area contributed by atoms with Gasteiger partial charge in [-0.25, -0.2) is 4.79 Å². The zero-order valence-electron chi connectivity index (χ0n) is 15.8. The molecule has 27 heavy (non-hydrogen) atoms. The van der Waals surface area contributed by atoms with Crippen molar-refractivity contribution in [3.8, 4) is 0 Å². The number of hydrogen-bond donors (Lipinski definition) is 4. The predicted octanol–water partition coefficient (Wildman–Crippen LogP) is 1.42. The number of carbonyl (C=O) groups is 3. The molecule has 0 spiro atoms. The van der Waals surface area contributed by atoms with Crippen LogP contribution in [0, 0.1) is 0 Å². The molecule has 0 radical (unpaired) electrons. The summed E-state index contributed by atoms with van der Waals surface area (Å²) in [6, 6.07) is 7.62. The van der Waals surface area contributed by atoms with Crippen molar-refractivity contribution in [3.05, 3.63) is 29.8 Å². The van der Waals surface area contributed by atoms with Gasteiger partial charge in [-0.2, -0.15) is 0 Å². The lowest BCUT2D eigenvalue weighted by atomic mass is 9.85. The highest BCUT2D eigenvalue weighted by molar-refractivity contribution is 5.88. The zero-order valence-corrected chi connectivity index (χ0v) is 15.8. The Morgan fingerprint density at radius 2 is 1.85 bits per heavy atom. The van der Waals surface area contributed by atoms with Crippen LogP contribution in [0.2, 0.25) is 0 Å². The lowest BCUT2D eigenvalue weighted by molar-refractivity contribution is -0.139. The molecule has 1 aromatic rings. The maximum atomic E-state index is 12.0. The van der Waals surface area contributed by atoms with Gasteiger partial charge in [-0.15, -0.1) is 0 Å². The second-order valence-electron chi connectivity index (χ2n) is 6.81. The summed E-state index contributed by atoms with van der Waals surface area (Å²) in [4.78, 5) is 35.7. The summed E-state index contributed by atoms with van der Waals surface area (Å²) in [5.74, 6) is -0.930. The number of aliphatic carboxylic acids is 1. The van der Waals surface area contributed by atoms with Crippen LogP contribution in [0.3, 0.4) is 0 Å². The first-order valence-corrected chi connectivity index (χ1v) is 9.24. The number of hydrogen-bond acceptors (Lipinski definition) is 4. The number of carboxylic acids is 1. The third kappa shape index (κ3) is 6.90. The lowest BCUT2D eigenvalue weighted by Gasteiger charge is -2.42. The topological polar surface area (TPSA) is 111 Å². The Bertz CT molecular complexity index is 656. The van der Waals surface area contributed by atoms with Crippen LogP contribution in [0.15, 0.2) is 24.3 Å². The summed E-state index contributed by atoms with van der Waals surface area (Å²) in [6.45, 7) is 4.66. The second-order valence-corrected chi connectivity index (χ2v) is 6.81. The van der Waals surface area contributed by atoms with E-state index in [1.807, 2.05) is 36.1 Å². The second kappa shape index (κ2) is 9.91. The van der Waals surface area contributed by atoms with Gasteiger partial charge in [-0.05, 0) is 43.5 Å². The van der Waals surface area contributed by atoms with Crippen LogP contribution in [0.5, 0.6) is 0 Å². The standard InChI is InChI=1S/C19H28N4O4/c1-3-23(12-18(25)26)17-10-16(11-17)22-19(27)20-9-8-14-4-6-15(7-5-14)21-13(2)24/h4-7,16-17H,3,8-12H2,1-2H3,(H,21,24)(H,25,26)(H2,20,22,27). The summed E-state index contributed by atoms with van der Waals surface area (Å²) in [5, 5.41) is 17.4. The number of likely N-dealkylation sites (N-methyl/N-ethyl adjacent to an activating group) is 1. The van der Waals surface area contributed by atoms with Gasteiger partial charge in [0.25, 0.3) is 0 Å². The van der Waals surface area contributed by atoms with E-state index in [0.717, 1.165) is 24.1 Å². The van der Waals surface area contributed by atoms with Crippen molar-refractivity contribution in [1.29, 1.82) is 0 Å². The molecule has 0 aliphatic heterocycles. The van der Waals surface area contributed by atoms with Crippen LogP contribution in [-0.4, -0.2) is 59.6 Å². The minimum absolute atomic E-state index is 0.0425. The molecule has 4 N–H and O–H groups in total. The molecule has 8 nitrogen and oxygen atoms in total. The maximum absolute atomic E-state index is 12.0. The molecule has 148 valence electrons. The van der Waals surface area contributed by atoms with Crippen molar-refractivity contribution in [2.45, 2.75) is 45.2 Å². The molecule has 0 saturated heterocycles. The first-order chi connectivity index (χ1) is 12.9. The normalized spacial score (nSPS) is 18.5. The van der Waals surface area contributed by atoms with Crippen LogP contribution < -0.4 is 16.0 Å². The van der Waals surface area contributed by atoms with Gasteiger partial charge in [-0.1, -0.05) is 19.1 Å². The maximum Gasteiger partial charge on any atom is 0.317 e. The average Bonchev–Trinajstić information content (AvgIpc) is 2.57. The minimum Gasteiger partial charge on any atom is -0.480 e. The monoisotopic (exact) mass is 376 g/mol. The first-order valence-electron chi connectivity index (χ1n) is 9.24. The van der Waals surface area contributed by atoms with E-state index in [1.54, 1.807) is 0 Å². The van der Waals surface area contributed by atoms with Crippen molar-refractivity contribution in [1.82, 2.24) is 15.5 Å². The number of urea groups is 1. The number of carboxylic acid groups (broad SMARTS) is 1. The summed E-state index contributed by atoms with van der Waals surface area (Å²) in [7, 11) is 0. The van der Waals surface area contributed by atoms with Crippen molar-refractivity contribution in [2.24, 2.45) is 0 Å². The Balaban J connectivity index is 1.63. The van der Waals surface area contributed by atoms with Crippen molar-refractivity contribution < 1.29 is 19.5 Å². The van der Waals surface area contributed by atoms with E-state index in [9.17, 15) is 14.4 Å². The summed E-state index contributed by atoms with van der Waals surface area (Å²) in [6.07, 6.45) is 2.25. The van der Waals surface area contributed by atoms with Gasteiger partial charge in [0.05, 0.1) is 6.54 Å². The molecule has 0 bridgehead atoms. The number of rotatable bonds is 9. The molecule has 3 amide bonds. The van der Waals surface area contributed by atoms with E-state index in [0.29, 0.717) is 19.5 Å². The largest absolute Gasteiger partial charge is 0.480 e. The predicted molar refractivity (Wildman–Crippen MR) is 103 cm³/mol. The molecule has 0 unspecified atom stereocenters. The number of nitrogens with zero attached hydrogens (tertiary/aromatic N) is 1. The Morgan fingerprint density at radius 3 is 2.41 bits per heavy atom. The number of benzene rings is 1. The van der Waals surface area contributed by atoms with Gasteiger partial charge in [0, 0.05) is 31.2 Å². The van der Waals surface area contributed by atoms with E-state index in [-0.39, 0.29) is 30.6 Å². The van der Waals surface area contributed by atoms with Gasteiger partial charge in [0.1, 0.15) is 0 Å². The SMILES string of the molecule is CCN(CC(=O)O)C1CC(NC(=O)NCCc2ccc(NC(C)=O)cc2)C1. The minimum atomic E-state index is -0.823. The van der Waals surface area contributed by atoms with E-state index in [4.69, 9.17) is 5.11 Å². The molecule has 0 aromatic heterocycles. The smallest absolute Gasteiger partial charge is 0.317 e. The molecular weight excluding hydrogens is 348 g/mol. The quantitative estimate of drug-likeness (QED) is 0.521. The lowest BCUT2D eigenvalue weighted by Crippen LogP contribution is -2.56. The number of nitrogens with one attached hydrogen (secondary N) is 3. The fourth-order valence-corrected chi connectivity index (χ4v) is 3.19. The highest BCUT2D eigenvalue weighted by atomic mass is 16.4. The molecule has 1 aromatic carbocycles. The Morgan fingerprint density at radius 1 is 1.19 bits per heavy atom. The van der Waals surface area contributed by atoms with Crippen LogP contribution >= 0.6 is 0 Å². The Kier molecular flexibility index (Phi) is 7.60. The fourth-order valence-electron chi connectivity index (χ4n) is 3.19. The molecule has 0 heterocycles. The van der Waals surface area contributed by atoms with Crippen LogP contribution in [0.4, 0.5) is 10.5 Å². The first kappa shape index (κ1) is 20.7. The molecule has 1 aliphatic rings. The third-order valence-electron chi connectivity index (χ3n) is 4.68. The fraction of sp³-hybridized carbons (Fsp3) is 0.526. The van der Waals surface area contributed by atoms with E-state index in [2.05, 4.69) is 16.0 Å². The zero-order chi connectivity index (χ0) is 19.8. The number of anilines is 1. The molecule has 1 fully saturated rings. The number of amides is 3. The van der Waals surface area contributed by atoms with E-state index in [1.165, 1.54) is 6.92 Å². The van der Waals surface area contributed by atoms with Crippen LogP contribution in [0.1, 0.15) is 32.3 Å². The summed E-state index contributed by atoms with van der Waals surface area (Å²) in [5.41, 5.74) is 1.82. The average molecular weight is 376 g/mol. The molecule has 1 saturated carbocycles. The molecule has 8 heteroatoms. The third-order valence-corrected chi connectivity index (χ3v) is 4.68. The van der Waals surface area contributed by atoms with Gasteiger partial charge in [0.15, 0.2) is 0 Å². The van der Waals surface area contributed by atoms with E-state index >= 15 is 0 Å².